The molecule has 2 aliphatic rings. The first kappa shape index (κ1) is 29.5. The minimum absolute atomic E-state index is 0.311. The Labute approximate surface area is 227 Å². The van der Waals surface area contributed by atoms with E-state index in [2.05, 4.69) is 10.6 Å². The fourth-order valence-electron chi connectivity index (χ4n) is 4.92. The van der Waals surface area contributed by atoms with Crippen LogP contribution in [0.25, 0.3) is 12.2 Å². The minimum atomic E-state index is -1.11. The lowest BCUT2D eigenvalue weighted by Crippen LogP contribution is -2.55. The number of carbonyl (C=O) groups excluding carboxylic acids is 3. The lowest BCUT2D eigenvalue weighted by molar-refractivity contribution is -0.152. The van der Waals surface area contributed by atoms with Gasteiger partial charge >= 0.3 is 11.9 Å². The predicted octanol–water partition coefficient (Wildman–Crippen LogP) is 4.48. The number of amides is 2. The van der Waals surface area contributed by atoms with Crippen LogP contribution in [0.15, 0.2) is 57.8 Å². The normalized spacial score (nSPS) is 18.1. The second-order valence-corrected chi connectivity index (χ2v) is 9.76. The molecule has 0 unspecified atom stereocenters. The van der Waals surface area contributed by atoms with E-state index in [1.165, 1.54) is 37.9 Å². The summed E-state index contributed by atoms with van der Waals surface area (Å²) in [5, 5.41) is 14.8. The van der Waals surface area contributed by atoms with Gasteiger partial charge in [-0.1, -0.05) is 38.5 Å². The standard InChI is InChI=1S/C15H19NO4.C14H17NO4/c1-19-14(18)15(9-3-2-4-10-15)16-13(17)8-7-12-6-5-11-20-12;16-12(7-6-11-5-4-10-19-11)15-14(13(17)18)8-2-1-3-9-14/h5-8,11H,2-4,9-10H2,1H3,(H,16,17);4-7,10H,1-3,8-9H2,(H,15,16)(H,17,18)/b8-7+;7-6+. The topological polar surface area (TPSA) is 148 Å². The summed E-state index contributed by atoms with van der Waals surface area (Å²) in [6.45, 7) is 0. The van der Waals surface area contributed by atoms with Crippen molar-refractivity contribution >= 4 is 35.9 Å². The number of hydrogen-bond acceptors (Lipinski definition) is 7. The quantitative estimate of drug-likeness (QED) is 0.328. The summed E-state index contributed by atoms with van der Waals surface area (Å²) < 4.78 is 15.0. The number of ether oxygens (including phenoxy) is 1. The van der Waals surface area contributed by atoms with Crippen molar-refractivity contribution in [3.63, 3.8) is 0 Å². The molecule has 10 heteroatoms. The molecule has 4 rings (SSSR count). The van der Waals surface area contributed by atoms with Crippen molar-refractivity contribution in [1.29, 1.82) is 0 Å². The van der Waals surface area contributed by atoms with Gasteiger partial charge in [0.05, 0.1) is 19.6 Å². The maximum Gasteiger partial charge on any atom is 0.331 e. The van der Waals surface area contributed by atoms with Gasteiger partial charge < -0.3 is 29.3 Å². The third-order valence-corrected chi connectivity index (χ3v) is 7.01. The van der Waals surface area contributed by atoms with E-state index in [0.717, 1.165) is 38.5 Å². The molecule has 3 N–H and O–H groups in total. The summed E-state index contributed by atoms with van der Waals surface area (Å²) in [4.78, 5) is 47.2. The highest BCUT2D eigenvalue weighted by Gasteiger charge is 2.42. The highest BCUT2D eigenvalue weighted by Crippen LogP contribution is 2.30. The van der Waals surface area contributed by atoms with E-state index in [1.807, 2.05) is 0 Å². The van der Waals surface area contributed by atoms with Crippen molar-refractivity contribution in [3.8, 4) is 0 Å². The molecule has 210 valence electrons. The van der Waals surface area contributed by atoms with Crippen LogP contribution in [-0.2, 0) is 23.9 Å². The van der Waals surface area contributed by atoms with Gasteiger partial charge in [-0.3, -0.25) is 9.59 Å². The smallest absolute Gasteiger partial charge is 0.331 e. The van der Waals surface area contributed by atoms with E-state index in [4.69, 9.17) is 13.6 Å². The highest BCUT2D eigenvalue weighted by molar-refractivity contribution is 5.96. The molecule has 0 radical (unpaired) electrons. The van der Waals surface area contributed by atoms with Crippen molar-refractivity contribution in [1.82, 2.24) is 10.6 Å². The molecule has 0 bridgehead atoms. The number of methoxy groups -OCH3 is 1. The maximum absolute atomic E-state index is 12.0. The fourth-order valence-corrected chi connectivity index (χ4v) is 4.92. The first-order valence-corrected chi connectivity index (χ1v) is 13.2. The molecule has 2 aromatic rings. The molecule has 0 aliphatic heterocycles. The molecular weight excluding hydrogens is 504 g/mol. The van der Waals surface area contributed by atoms with Gasteiger partial charge in [0, 0.05) is 12.2 Å². The van der Waals surface area contributed by atoms with Crippen molar-refractivity contribution in [2.24, 2.45) is 0 Å². The predicted molar refractivity (Wildman–Crippen MR) is 143 cm³/mol. The van der Waals surface area contributed by atoms with Crippen molar-refractivity contribution in [2.75, 3.05) is 7.11 Å². The maximum atomic E-state index is 12.0. The number of rotatable bonds is 8. The number of carbonyl (C=O) groups is 4. The number of esters is 1. The Morgan fingerprint density at radius 3 is 1.59 bits per heavy atom. The van der Waals surface area contributed by atoms with E-state index < -0.39 is 23.0 Å². The average molecular weight is 541 g/mol. The van der Waals surface area contributed by atoms with Gasteiger partial charge in [0.25, 0.3) is 0 Å². The summed E-state index contributed by atoms with van der Waals surface area (Å²) >= 11 is 0. The van der Waals surface area contributed by atoms with Gasteiger partial charge in [-0.15, -0.1) is 0 Å². The summed E-state index contributed by atoms with van der Waals surface area (Å²) in [7, 11) is 1.35. The summed E-state index contributed by atoms with van der Waals surface area (Å²) in [6.07, 6.45) is 16.6. The van der Waals surface area contributed by atoms with E-state index >= 15 is 0 Å². The molecule has 2 aromatic heterocycles. The summed E-state index contributed by atoms with van der Waals surface area (Å²) in [5.41, 5.74) is -1.99. The van der Waals surface area contributed by atoms with E-state index in [0.29, 0.717) is 37.2 Å². The molecule has 0 spiro atoms. The van der Waals surface area contributed by atoms with Gasteiger partial charge in [-0.25, -0.2) is 9.59 Å². The van der Waals surface area contributed by atoms with Gasteiger partial charge in [0.15, 0.2) is 0 Å². The van der Waals surface area contributed by atoms with Crippen LogP contribution in [0, 0.1) is 0 Å². The zero-order chi connectivity index (χ0) is 28.1. The van der Waals surface area contributed by atoms with Gasteiger partial charge in [-0.2, -0.15) is 0 Å². The number of carboxylic acids is 1. The van der Waals surface area contributed by atoms with E-state index in [9.17, 15) is 24.3 Å². The molecule has 2 heterocycles. The Bertz CT molecular complexity index is 1140. The van der Waals surface area contributed by atoms with Crippen LogP contribution in [0.1, 0.15) is 75.7 Å². The molecule has 2 fully saturated rings. The van der Waals surface area contributed by atoms with Crippen LogP contribution in [0.4, 0.5) is 0 Å². The van der Waals surface area contributed by atoms with E-state index in [1.54, 1.807) is 30.3 Å². The Kier molecular flexibility index (Phi) is 10.7. The van der Waals surface area contributed by atoms with Gasteiger partial charge in [0.2, 0.25) is 11.8 Å². The van der Waals surface area contributed by atoms with Crippen LogP contribution in [0.5, 0.6) is 0 Å². The number of nitrogens with one attached hydrogen (secondary N) is 2. The van der Waals surface area contributed by atoms with Crippen molar-refractivity contribution in [2.45, 2.75) is 75.3 Å². The third kappa shape index (κ3) is 8.46. The van der Waals surface area contributed by atoms with Crippen LogP contribution in [-0.4, -0.2) is 47.0 Å². The Morgan fingerprint density at radius 1 is 0.769 bits per heavy atom. The van der Waals surface area contributed by atoms with Gasteiger partial charge in [0.1, 0.15) is 22.6 Å². The summed E-state index contributed by atoms with van der Waals surface area (Å²) in [6, 6.07) is 6.93. The lowest BCUT2D eigenvalue weighted by Gasteiger charge is -2.34. The second-order valence-electron chi connectivity index (χ2n) is 9.76. The first-order chi connectivity index (χ1) is 18.8. The zero-order valence-electron chi connectivity index (χ0n) is 22.1. The minimum Gasteiger partial charge on any atom is -0.480 e. The number of furan rings is 2. The molecular formula is C29H36N2O8. The molecule has 2 aliphatic carbocycles. The number of aliphatic carboxylic acids is 1. The van der Waals surface area contributed by atoms with Crippen molar-refractivity contribution < 1.29 is 37.9 Å². The average Bonchev–Trinajstić information content (AvgIpc) is 3.66. The van der Waals surface area contributed by atoms with Crippen molar-refractivity contribution in [3.05, 3.63) is 60.5 Å². The van der Waals surface area contributed by atoms with E-state index in [-0.39, 0.29) is 11.9 Å². The Balaban J connectivity index is 0.000000216. The highest BCUT2D eigenvalue weighted by atomic mass is 16.5. The Morgan fingerprint density at radius 2 is 1.21 bits per heavy atom. The molecule has 2 saturated carbocycles. The summed E-state index contributed by atoms with van der Waals surface area (Å²) in [5.74, 6) is -0.877. The first-order valence-electron chi connectivity index (χ1n) is 13.2. The lowest BCUT2D eigenvalue weighted by atomic mass is 9.81. The van der Waals surface area contributed by atoms with Crippen LogP contribution < -0.4 is 10.6 Å². The molecule has 10 nitrogen and oxygen atoms in total. The molecule has 0 aromatic carbocycles. The number of hydrogen-bond donors (Lipinski definition) is 3. The SMILES string of the molecule is COC(=O)C1(NC(=O)/C=C/c2ccco2)CCCCC1.O=C(/C=C/c1ccco1)NC1(C(=O)O)CCCCC1. The largest absolute Gasteiger partial charge is 0.480 e. The number of carboxylic acid groups (broad SMARTS) is 1. The van der Waals surface area contributed by atoms with Crippen LogP contribution in [0.3, 0.4) is 0 Å². The molecule has 39 heavy (non-hydrogen) atoms. The third-order valence-electron chi connectivity index (χ3n) is 7.01. The second kappa shape index (κ2) is 14.2. The molecule has 0 atom stereocenters. The van der Waals surface area contributed by atoms with Gasteiger partial charge in [-0.05, 0) is 62.1 Å². The van der Waals surface area contributed by atoms with Crippen LogP contribution in [0.2, 0.25) is 0 Å². The zero-order valence-corrected chi connectivity index (χ0v) is 22.1. The molecule has 0 saturated heterocycles. The van der Waals surface area contributed by atoms with Crippen LogP contribution >= 0.6 is 0 Å². The monoisotopic (exact) mass is 540 g/mol. The Hall–Kier alpha value is -4.08. The molecule has 2 amide bonds. The fraction of sp³-hybridized carbons (Fsp3) is 0.448.